The third-order valence-corrected chi connectivity index (χ3v) is 0.462. The van der Waals surface area contributed by atoms with Crippen LogP contribution in [0.25, 0.3) is 0 Å². The highest BCUT2D eigenvalue weighted by molar-refractivity contribution is 5.81. The Hall–Kier alpha value is -1.86. The topological polar surface area (TPSA) is 135 Å². The number of nitrogens with zero attached hydrogens (tertiary/aromatic N) is 2. The van der Waals surface area contributed by atoms with Gasteiger partial charge in [0.25, 0.3) is 0 Å². The summed E-state index contributed by atoms with van der Waals surface area (Å²) in [5.41, 5.74) is 13.4. The molecule has 0 fully saturated rings. The average Bonchev–Trinajstić information content (AvgIpc) is 1.85. The van der Waals surface area contributed by atoms with Gasteiger partial charge in [-0.05, 0) is 0 Å². The Bertz CT molecular complexity index is 163. The Balaban J connectivity index is 3.58. The Kier molecular flexibility index (Phi) is 3.31. The number of hydrazine groups is 1. The minimum absolute atomic E-state index is 0.339. The van der Waals surface area contributed by atoms with Crippen molar-refractivity contribution in [3.63, 3.8) is 0 Å². The monoisotopic (exact) mass is 146 g/mol. The molecule has 0 heterocycles. The van der Waals surface area contributed by atoms with E-state index in [4.69, 9.17) is 5.73 Å². The highest BCUT2D eigenvalue weighted by atomic mass is 16.3. The number of amides is 2. The van der Waals surface area contributed by atoms with E-state index in [9.17, 15) is 9.70 Å². The second-order valence-corrected chi connectivity index (χ2v) is 1.18. The molecule has 8 nitrogen and oxygen atoms in total. The van der Waals surface area contributed by atoms with Gasteiger partial charge in [0.2, 0.25) is 5.96 Å². The van der Waals surface area contributed by atoms with Crippen LogP contribution in [0.4, 0.5) is 4.79 Å². The van der Waals surface area contributed by atoms with Gasteiger partial charge in [-0.3, -0.25) is 5.43 Å². The molecule has 0 saturated carbocycles. The molecule has 10 heavy (non-hydrogen) atoms. The molecule has 0 aliphatic rings. The summed E-state index contributed by atoms with van der Waals surface area (Å²) in [6, 6.07) is -0.843. The predicted molar refractivity (Wildman–Crippen MR) is 33.3 cm³/mol. The maximum Gasteiger partial charge on any atom is 0.330 e. The van der Waals surface area contributed by atoms with E-state index >= 15 is 0 Å². The lowest BCUT2D eigenvalue weighted by Gasteiger charge is -2.00. The van der Waals surface area contributed by atoms with Crippen LogP contribution in [0.5, 0.6) is 0 Å². The van der Waals surface area contributed by atoms with E-state index < -0.39 is 6.03 Å². The third kappa shape index (κ3) is 4.30. The standard InChI is InChI=1S/C2H6N6O2/c3-1(6-8-10)5-7-2(4)9/h(H3,4,7,9)(H3,3,5,6,10). The van der Waals surface area contributed by atoms with Crippen molar-refractivity contribution in [2.45, 2.75) is 0 Å². The molecule has 0 atom stereocenters. The third-order valence-electron chi connectivity index (χ3n) is 0.462. The summed E-state index contributed by atoms with van der Waals surface area (Å²) < 4.78 is 0. The molecule has 2 amide bonds. The molecule has 0 radical (unpaired) electrons. The largest absolute Gasteiger partial charge is 0.367 e. The Morgan fingerprint density at radius 2 is 1.90 bits per heavy atom. The van der Waals surface area contributed by atoms with Crippen molar-refractivity contribution >= 4 is 12.0 Å². The highest BCUT2D eigenvalue weighted by Crippen LogP contribution is 1.63. The van der Waals surface area contributed by atoms with E-state index in [0.717, 1.165) is 0 Å². The van der Waals surface area contributed by atoms with Crippen LogP contribution >= 0.6 is 0 Å². The summed E-state index contributed by atoms with van der Waals surface area (Å²) in [6.45, 7) is 0. The molecule has 56 valence electrons. The quantitative estimate of drug-likeness (QED) is 0.149. The number of rotatable bonds is 1. The zero-order chi connectivity index (χ0) is 7.98. The smallest absolute Gasteiger partial charge is 0.330 e. The SMILES string of the molecule is NC(=O)NNC(N)=NN=O. The number of carbonyl (C=O) groups is 1. The fourth-order valence-electron chi connectivity index (χ4n) is 0.195. The summed E-state index contributed by atoms with van der Waals surface area (Å²) in [6.07, 6.45) is 0. The highest BCUT2D eigenvalue weighted by Gasteiger charge is 1.90. The van der Waals surface area contributed by atoms with Crippen LogP contribution in [0.2, 0.25) is 0 Å². The van der Waals surface area contributed by atoms with Crippen molar-refractivity contribution in [1.29, 1.82) is 0 Å². The first-order chi connectivity index (χ1) is 4.66. The lowest BCUT2D eigenvalue weighted by atomic mass is 11.0. The lowest BCUT2D eigenvalue weighted by Crippen LogP contribution is -2.47. The van der Waals surface area contributed by atoms with Crippen LogP contribution in [-0.4, -0.2) is 12.0 Å². The van der Waals surface area contributed by atoms with Crippen LogP contribution in [-0.2, 0) is 0 Å². The number of nitroso groups, excluding NO2 is 1. The molecule has 0 aromatic carbocycles. The first kappa shape index (κ1) is 8.14. The van der Waals surface area contributed by atoms with Gasteiger partial charge in [0, 0.05) is 0 Å². The Labute approximate surface area is 55.6 Å². The van der Waals surface area contributed by atoms with Crippen molar-refractivity contribution in [2.24, 2.45) is 21.9 Å². The van der Waals surface area contributed by atoms with E-state index in [2.05, 4.69) is 16.1 Å². The van der Waals surface area contributed by atoms with Crippen molar-refractivity contribution < 1.29 is 4.79 Å². The van der Waals surface area contributed by atoms with Gasteiger partial charge in [-0.1, -0.05) is 5.10 Å². The number of hydrogen-bond donors (Lipinski definition) is 4. The van der Waals surface area contributed by atoms with Crippen LogP contribution in [0, 0.1) is 4.91 Å². The van der Waals surface area contributed by atoms with E-state index in [1.165, 1.54) is 0 Å². The zero-order valence-corrected chi connectivity index (χ0v) is 4.87. The second kappa shape index (κ2) is 4.06. The van der Waals surface area contributed by atoms with Gasteiger partial charge in [0.05, 0.1) is 5.29 Å². The maximum atomic E-state index is 9.94. The number of urea groups is 1. The van der Waals surface area contributed by atoms with Crippen LogP contribution in [0.15, 0.2) is 10.4 Å². The number of nitrogens with two attached hydrogens (primary N) is 2. The van der Waals surface area contributed by atoms with Crippen LogP contribution in [0.3, 0.4) is 0 Å². The molecule has 8 heteroatoms. The molecule has 0 aliphatic carbocycles. The number of primary amides is 1. The van der Waals surface area contributed by atoms with Crippen LogP contribution in [0.1, 0.15) is 0 Å². The fraction of sp³-hybridized carbons (Fsp3) is 0. The van der Waals surface area contributed by atoms with Gasteiger partial charge in [-0.2, -0.15) is 0 Å². The molecular formula is C2H6N6O2. The van der Waals surface area contributed by atoms with Gasteiger partial charge < -0.3 is 11.5 Å². The molecule has 0 unspecified atom stereocenters. The maximum absolute atomic E-state index is 9.94. The molecule has 6 N–H and O–H groups in total. The summed E-state index contributed by atoms with van der Waals surface area (Å²) in [5.74, 6) is -0.339. The average molecular weight is 146 g/mol. The normalized spacial score (nSPS) is 10.2. The van der Waals surface area contributed by atoms with E-state index in [0.29, 0.717) is 0 Å². The summed E-state index contributed by atoms with van der Waals surface area (Å²) in [7, 11) is 0. The van der Waals surface area contributed by atoms with E-state index in [-0.39, 0.29) is 5.96 Å². The van der Waals surface area contributed by atoms with Gasteiger partial charge in [0.1, 0.15) is 0 Å². The summed E-state index contributed by atoms with van der Waals surface area (Å²) >= 11 is 0. The second-order valence-electron chi connectivity index (χ2n) is 1.18. The molecule has 0 aromatic rings. The lowest BCUT2D eigenvalue weighted by molar-refractivity contribution is 0.247. The van der Waals surface area contributed by atoms with Crippen molar-refractivity contribution in [3.05, 3.63) is 4.91 Å². The molecule has 0 saturated heterocycles. The Morgan fingerprint density at radius 1 is 1.30 bits per heavy atom. The number of nitrogens with one attached hydrogen (secondary N) is 2. The van der Waals surface area contributed by atoms with Crippen molar-refractivity contribution in [2.75, 3.05) is 0 Å². The van der Waals surface area contributed by atoms with Crippen molar-refractivity contribution in [3.8, 4) is 0 Å². The molecule has 0 aliphatic heterocycles. The Morgan fingerprint density at radius 3 is 2.30 bits per heavy atom. The van der Waals surface area contributed by atoms with Gasteiger partial charge in [0.15, 0.2) is 0 Å². The fourth-order valence-corrected chi connectivity index (χ4v) is 0.195. The molecule has 0 rings (SSSR count). The summed E-state index contributed by atoms with van der Waals surface area (Å²) in [5, 5.41) is 4.85. The first-order valence-corrected chi connectivity index (χ1v) is 2.14. The zero-order valence-electron chi connectivity index (χ0n) is 4.87. The molecule has 0 bridgehead atoms. The predicted octanol–water partition coefficient (Wildman–Crippen LogP) is -1.84. The van der Waals surface area contributed by atoms with E-state index in [1.54, 1.807) is 0 Å². The first-order valence-electron chi connectivity index (χ1n) is 2.14. The summed E-state index contributed by atoms with van der Waals surface area (Å²) in [4.78, 5) is 19.3. The number of hydrogen-bond acceptors (Lipinski definition) is 3. The minimum atomic E-state index is -0.843. The van der Waals surface area contributed by atoms with Gasteiger partial charge in [-0.25, -0.2) is 10.2 Å². The van der Waals surface area contributed by atoms with E-state index in [1.807, 2.05) is 10.9 Å². The molecule has 0 aromatic heterocycles. The molecular weight excluding hydrogens is 140 g/mol. The van der Waals surface area contributed by atoms with Crippen molar-refractivity contribution in [1.82, 2.24) is 10.9 Å². The molecule has 0 spiro atoms. The number of carbonyl (C=O) groups excluding carboxylic acids is 1. The van der Waals surface area contributed by atoms with Crippen LogP contribution < -0.4 is 22.3 Å². The van der Waals surface area contributed by atoms with Gasteiger partial charge >= 0.3 is 6.03 Å². The van der Waals surface area contributed by atoms with Gasteiger partial charge in [-0.15, -0.1) is 4.91 Å². The minimum Gasteiger partial charge on any atom is -0.367 e. The number of guanidine groups is 1.